The molecule has 1 aliphatic heterocycles. The molecule has 2 heterocycles. The summed E-state index contributed by atoms with van der Waals surface area (Å²) in [6.45, 7) is 3.35. The third-order valence-electron chi connectivity index (χ3n) is 3.68. The molecule has 1 aliphatic rings. The Morgan fingerprint density at radius 3 is 3.16 bits per heavy atom. The minimum Gasteiger partial charge on any atom is -0.481 e. The molecule has 2 atom stereocenters. The zero-order chi connectivity index (χ0) is 13.8. The Balaban J connectivity index is 1.84. The standard InChI is InChI=1S/C13H21N3O2S/c1-9-7-10(5-6-16(9)2)14-13-15-11(8-19-13)3-4-12(17)18/h8-10H,3-7H2,1-2H3,(H,14,15)(H,17,18). The van der Waals surface area contributed by atoms with E-state index in [1.54, 1.807) is 11.3 Å². The normalized spacial score (nSPS) is 24.3. The van der Waals surface area contributed by atoms with Gasteiger partial charge in [0.05, 0.1) is 12.1 Å². The molecular formula is C13H21N3O2S. The largest absolute Gasteiger partial charge is 0.481 e. The highest BCUT2D eigenvalue weighted by molar-refractivity contribution is 7.13. The lowest BCUT2D eigenvalue weighted by Crippen LogP contribution is -2.42. The number of piperidine rings is 1. The molecule has 0 aliphatic carbocycles. The summed E-state index contributed by atoms with van der Waals surface area (Å²) >= 11 is 1.57. The van der Waals surface area contributed by atoms with Gasteiger partial charge in [-0.05, 0) is 26.8 Å². The Hall–Kier alpha value is -1.14. The number of aryl methyl sites for hydroxylation is 1. The highest BCUT2D eigenvalue weighted by Crippen LogP contribution is 2.22. The monoisotopic (exact) mass is 283 g/mol. The van der Waals surface area contributed by atoms with Crippen molar-refractivity contribution in [2.45, 2.75) is 44.7 Å². The van der Waals surface area contributed by atoms with Gasteiger partial charge in [-0.15, -0.1) is 11.3 Å². The van der Waals surface area contributed by atoms with Crippen LogP contribution in [0.25, 0.3) is 0 Å². The van der Waals surface area contributed by atoms with Crippen molar-refractivity contribution in [1.82, 2.24) is 9.88 Å². The number of aliphatic carboxylic acids is 1. The highest BCUT2D eigenvalue weighted by Gasteiger charge is 2.23. The van der Waals surface area contributed by atoms with Gasteiger partial charge >= 0.3 is 5.97 Å². The summed E-state index contributed by atoms with van der Waals surface area (Å²) in [5.41, 5.74) is 0.871. The van der Waals surface area contributed by atoms with Crippen LogP contribution >= 0.6 is 11.3 Å². The first-order valence-corrected chi connectivity index (χ1v) is 7.55. The van der Waals surface area contributed by atoms with E-state index in [9.17, 15) is 4.79 Å². The van der Waals surface area contributed by atoms with Crippen molar-refractivity contribution in [3.63, 3.8) is 0 Å². The van der Waals surface area contributed by atoms with Crippen molar-refractivity contribution in [2.75, 3.05) is 18.9 Å². The number of carbonyl (C=O) groups is 1. The number of aromatic nitrogens is 1. The maximum absolute atomic E-state index is 10.5. The van der Waals surface area contributed by atoms with Crippen molar-refractivity contribution in [3.8, 4) is 0 Å². The van der Waals surface area contributed by atoms with Gasteiger partial charge in [0.15, 0.2) is 5.13 Å². The highest BCUT2D eigenvalue weighted by atomic mass is 32.1. The van der Waals surface area contributed by atoms with Gasteiger partial charge in [0, 0.05) is 30.4 Å². The van der Waals surface area contributed by atoms with Crippen molar-refractivity contribution in [1.29, 1.82) is 0 Å². The average molecular weight is 283 g/mol. The van der Waals surface area contributed by atoms with Crippen LogP contribution in [0.2, 0.25) is 0 Å². The number of hydrogen-bond donors (Lipinski definition) is 2. The summed E-state index contributed by atoms with van der Waals surface area (Å²) in [4.78, 5) is 17.3. The van der Waals surface area contributed by atoms with Crippen LogP contribution in [0.3, 0.4) is 0 Å². The quantitative estimate of drug-likeness (QED) is 0.866. The first-order valence-electron chi connectivity index (χ1n) is 6.67. The fourth-order valence-corrected chi connectivity index (χ4v) is 3.14. The van der Waals surface area contributed by atoms with Gasteiger partial charge in [-0.2, -0.15) is 0 Å². The maximum Gasteiger partial charge on any atom is 0.303 e. The molecule has 0 saturated carbocycles. The molecule has 0 radical (unpaired) electrons. The molecule has 0 spiro atoms. The second-order valence-electron chi connectivity index (χ2n) is 5.23. The van der Waals surface area contributed by atoms with Gasteiger partial charge in [0.1, 0.15) is 0 Å². The van der Waals surface area contributed by atoms with Crippen LogP contribution < -0.4 is 5.32 Å². The number of rotatable bonds is 5. The minimum atomic E-state index is -0.772. The number of thiazole rings is 1. The molecule has 1 aromatic heterocycles. The first-order chi connectivity index (χ1) is 9.04. The van der Waals surface area contributed by atoms with Gasteiger partial charge in [-0.25, -0.2) is 4.98 Å². The first kappa shape index (κ1) is 14.3. The van der Waals surface area contributed by atoms with E-state index in [0.717, 1.165) is 30.2 Å². The van der Waals surface area contributed by atoms with Gasteiger partial charge in [0.25, 0.3) is 0 Å². The predicted octanol–water partition coefficient (Wildman–Crippen LogP) is 2.05. The summed E-state index contributed by atoms with van der Waals surface area (Å²) < 4.78 is 0. The fourth-order valence-electron chi connectivity index (χ4n) is 2.32. The number of carboxylic acids is 1. The van der Waals surface area contributed by atoms with Gasteiger partial charge in [-0.3, -0.25) is 4.79 Å². The van der Waals surface area contributed by atoms with E-state index >= 15 is 0 Å². The van der Waals surface area contributed by atoms with E-state index in [2.05, 4.69) is 29.2 Å². The zero-order valence-electron chi connectivity index (χ0n) is 11.4. The molecule has 0 bridgehead atoms. The molecule has 0 aromatic carbocycles. The Kier molecular flexibility index (Phi) is 4.76. The lowest BCUT2D eigenvalue weighted by molar-refractivity contribution is -0.136. The third kappa shape index (κ3) is 4.18. The fraction of sp³-hybridized carbons (Fsp3) is 0.692. The van der Waals surface area contributed by atoms with E-state index in [0.29, 0.717) is 18.5 Å². The second-order valence-corrected chi connectivity index (χ2v) is 6.09. The third-order valence-corrected chi connectivity index (χ3v) is 4.51. The average Bonchev–Trinajstić information content (AvgIpc) is 2.79. The molecule has 1 aromatic rings. The van der Waals surface area contributed by atoms with E-state index < -0.39 is 5.97 Å². The summed E-state index contributed by atoms with van der Waals surface area (Å²) in [6.07, 6.45) is 2.91. The molecule has 106 valence electrons. The Labute approximate surface area is 117 Å². The Morgan fingerprint density at radius 2 is 2.47 bits per heavy atom. The van der Waals surface area contributed by atoms with Crippen LogP contribution in [-0.4, -0.2) is 46.6 Å². The molecule has 2 rings (SSSR count). The predicted molar refractivity (Wildman–Crippen MR) is 76.8 cm³/mol. The van der Waals surface area contributed by atoms with E-state index in [-0.39, 0.29) is 6.42 Å². The van der Waals surface area contributed by atoms with Crippen molar-refractivity contribution >= 4 is 22.4 Å². The van der Waals surface area contributed by atoms with Crippen LogP contribution in [0.4, 0.5) is 5.13 Å². The lowest BCUT2D eigenvalue weighted by atomic mass is 9.99. The van der Waals surface area contributed by atoms with Crippen LogP contribution in [0.1, 0.15) is 31.9 Å². The molecule has 5 nitrogen and oxygen atoms in total. The molecule has 2 unspecified atom stereocenters. The molecule has 19 heavy (non-hydrogen) atoms. The molecule has 1 fully saturated rings. The number of nitrogens with zero attached hydrogens (tertiary/aromatic N) is 2. The van der Waals surface area contributed by atoms with E-state index in [4.69, 9.17) is 5.11 Å². The summed E-state index contributed by atoms with van der Waals surface area (Å²) in [5, 5.41) is 15.0. The Bertz CT molecular complexity index is 435. The molecule has 0 amide bonds. The van der Waals surface area contributed by atoms with Gasteiger partial charge in [-0.1, -0.05) is 0 Å². The number of likely N-dealkylation sites (tertiary alicyclic amines) is 1. The van der Waals surface area contributed by atoms with Crippen molar-refractivity contribution in [2.24, 2.45) is 0 Å². The summed E-state index contributed by atoms with van der Waals surface area (Å²) in [5.74, 6) is -0.772. The van der Waals surface area contributed by atoms with Crippen LogP contribution in [-0.2, 0) is 11.2 Å². The van der Waals surface area contributed by atoms with Crippen molar-refractivity contribution in [3.05, 3.63) is 11.1 Å². The maximum atomic E-state index is 10.5. The van der Waals surface area contributed by atoms with Gasteiger partial charge in [0.2, 0.25) is 0 Å². The summed E-state index contributed by atoms with van der Waals surface area (Å²) in [7, 11) is 2.16. The van der Waals surface area contributed by atoms with E-state index in [1.807, 2.05) is 5.38 Å². The molecular weight excluding hydrogens is 262 g/mol. The van der Waals surface area contributed by atoms with Crippen LogP contribution in [0.15, 0.2) is 5.38 Å². The van der Waals surface area contributed by atoms with Gasteiger partial charge < -0.3 is 15.3 Å². The zero-order valence-corrected chi connectivity index (χ0v) is 12.2. The number of nitrogens with one attached hydrogen (secondary N) is 1. The topological polar surface area (TPSA) is 65.5 Å². The van der Waals surface area contributed by atoms with Crippen LogP contribution in [0.5, 0.6) is 0 Å². The van der Waals surface area contributed by atoms with Crippen LogP contribution in [0, 0.1) is 0 Å². The Morgan fingerprint density at radius 1 is 1.68 bits per heavy atom. The number of carboxylic acid groups (broad SMARTS) is 1. The summed E-state index contributed by atoms with van der Waals surface area (Å²) in [6, 6.07) is 1.07. The minimum absolute atomic E-state index is 0.147. The van der Waals surface area contributed by atoms with Crippen molar-refractivity contribution < 1.29 is 9.90 Å². The number of hydrogen-bond acceptors (Lipinski definition) is 5. The SMILES string of the molecule is CC1CC(Nc2nc(CCC(=O)O)cs2)CCN1C. The molecule has 1 saturated heterocycles. The second kappa shape index (κ2) is 6.34. The molecule has 2 N–H and O–H groups in total. The lowest BCUT2D eigenvalue weighted by Gasteiger charge is -2.35. The number of anilines is 1. The molecule has 6 heteroatoms. The smallest absolute Gasteiger partial charge is 0.303 e. The van der Waals surface area contributed by atoms with E-state index in [1.165, 1.54) is 0 Å².